The van der Waals surface area contributed by atoms with E-state index in [1.807, 2.05) is 11.8 Å². The standard InChI is InChI=1S/C54H38N4S/c1-4-16-39(17-5-1)40-28-30-43(31-29-40)55(46-36-37-52-54(38-46)59-53-27-15-14-26-51(53)58(52)42-20-8-3-9-21-42)44-32-34-45(35-33-44)57-49-24-12-10-22-47(49)56(41-18-6-2-7-19-41)48-23-11-13-25-50(48)57/h1-38H. The number of para-hydroxylation sites is 7. The number of fused-ring (bicyclic) bond motifs is 4. The molecule has 9 aromatic rings. The third-order valence-corrected chi connectivity index (χ3v) is 12.2. The minimum Gasteiger partial charge on any atom is -0.310 e. The van der Waals surface area contributed by atoms with Gasteiger partial charge in [-0.3, -0.25) is 0 Å². The Morgan fingerprint density at radius 3 is 1.19 bits per heavy atom. The van der Waals surface area contributed by atoms with E-state index in [0.29, 0.717) is 0 Å². The molecule has 0 atom stereocenters. The predicted octanol–water partition coefficient (Wildman–Crippen LogP) is 16.0. The first-order valence-corrected chi connectivity index (χ1v) is 20.8. The van der Waals surface area contributed by atoms with Crippen molar-refractivity contribution in [3.8, 4) is 11.1 Å². The second-order valence-electron chi connectivity index (χ2n) is 14.6. The first-order chi connectivity index (χ1) is 29.3. The van der Waals surface area contributed by atoms with Gasteiger partial charge in [-0.05, 0) is 126 Å². The molecule has 280 valence electrons. The van der Waals surface area contributed by atoms with Gasteiger partial charge in [0.2, 0.25) is 0 Å². The van der Waals surface area contributed by atoms with Crippen LogP contribution in [0.15, 0.2) is 240 Å². The first-order valence-electron chi connectivity index (χ1n) is 19.9. The lowest BCUT2D eigenvalue weighted by Gasteiger charge is -2.40. The van der Waals surface area contributed by atoms with Gasteiger partial charge in [0.15, 0.2) is 0 Å². The van der Waals surface area contributed by atoms with Gasteiger partial charge in [0, 0.05) is 43.9 Å². The Bertz CT molecular complexity index is 2870. The van der Waals surface area contributed by atoms with Crippen molar-refractivity contribution in [2.45, 2.75) is 9.79 Å². The largest absolute Gasteiger partial charge is 0.310 e. The van der Waals surface area contributed by atoms with E-state index in [9.17, 15) is 0 Å². The molecule has 0 unspecified atom stereocenters. The summed E-state index contributed by atoms with van der Waals surface area (Å²) < 4.78 is 0. The topological polar surface area (TPSA) is 13.0 Å². The molecule has 0 N–H and O–H groups in total. The molecule has 5 heteroatoms. The fourth-order valence-electron chi connectivity index (χ4n) is 8.45. The molecule has 11 rings (SSSR count). The van der Waals surface area contributed by atoms with Gasteiger partial charge in [-0.25, -0.2) is 0 Å². The highest BCUT2D eigenvalue weighted by Crippen LogP contribution is 2.55. The SMILES string of the molecule is c1ccc(-c2ccc(N(c3ccc(N4c5ccccc5N(c5ccccc5)c5ccccc54)cc3)c3ccc4c(c3)Sc3ccccc3N4c3ccccc3)cc2)cc1. The second kappa shape index (κ2) is 14.8. The minimum absolute atomic E-state index is 1.08. The summed E-state index contributed by atoms with van der Waals surface area (Å²) in [5, 5.41) is 0. The third kappa shape index (κ3) is 6.20. The Morgan fingerprint density at radius 1 is 0.271 bits per heavy atom. The number of benzene rings is 9. The summed E-state index contributed by atoms with van der Waals surface area (Å²) in [6, 6.07) is 82.8. The fraction of sp³-hybridized carbons (Fsp3) is 0. The maximum atomic E-state index is 2.39. The molecule has 2 aliphatic heterocycles. The summed E-state index contributed by atoms with van der Waals surface area (Å²) in [6.45, 7) is 0. The van der Waals surface area contributed by atoms with Crippen LogP contribution < -0.4 is 19.6 Å². The molecule has 0 radical (unpaired) electrons. The van der Waals surface area contributed by atoms with Crippen LogP contribution in [0.25, 0.3) is 11.1 Å². The lowest BCUT2D eigenvalue weighted by atomic mass is 10.0. The molecule has 0 aromatic heterocycles. The zero-order valence-electron chi connectivity index (χ0n) is 32.1. The van der Waals surface area contributed by atoms with Crippen molar-refractivity contribution in [1.29, 1.82) is 0 Å². The molecule has 0 saturated heterocycles. The molecule has 0 fully saturated rings. The molecule has 59 heavy (non-hydrogen) atoms. The number of anilines is 12. The zero-order chi connectivity index (χ0) is 39.1. The van der Waals surface area contributed by atoms with Crippen molar-refractivity contribution in [3.63, 3.8) is 0 Å². The smallest absolute Gasteiger partial charge is 0.0703 e. The van der Waals surface area contributed by atoms with Crippen LogP contribution in [0.2, 0.25) is 0 Å². The van der Waals surface area contributed by atoms with Crippen molar-refractivity contribution in [3.05, 3.63) is 231 Å². The summed E-state index contributed by atoms with van der Waals surface area (Å²) in [7, 11) is 0. The Kier molecular flexibility index (Phi) is 8.72. The second-order valence-corrected chi connectivity index (χ2v) is 15.7. The summed E-state index contributed by atoms with van der Waals surface area (Å²) in [6.07, 6.45) is 0. The van der Waals surface area contributed by atoms with E-state index in [1.54, 1.807) is 0 Å². The highest BCUT2D eigenvalue weighted by atomic mass is 32.2. The van der Waals surface area contributed by atoms with Crippen molar-refractivity contribution >= 4 is 80.0 Å². The van der Waals surface area contributed by atoms with Crippen LogP contribution in [0.1, 0.15) is 0 Å². The molecular weight excluding hydrogens is 737 g/mol. The zero-order valence-corrected chi connectivity index (χ0v) is 33.0. The van der Waals surface area contributed by atoms with Crippen LogP contribution in [0.5, 0.6) is 0 Å². The fourth-order valence-corrected chi connectivity index (χ4v) is 9.54. The van der Waals surface area contributed by atoms with Crippen LogP contribution in [-0.4, -0.2) is 0 Å². The van der Waals surface area contributed by atoms with Crippen molar-refractivity contribution in [2.75, 3.05) is 19.6 Å². The number of hydrogen-bond acceptors (Lipinski definition) is 5. The van der Waals surface area contributed by atoms with Gasteiger partial charge in [-0.15, -0.1) is 0 Å². The van der Waals surface area contributed by atoms with Gasteiger partial charge in [0.05, 0.1) is 34.1 Å². The minimum atomic E-state index is 1.08. The Morgan fingerprint density at radius 2 is 0.644 bits per heavy atom. The third-order valence-electron chi connectivity index (χ3n) is 11.1. The first kappa shape index (κ1) is 34.8. The normalized spacial score (nSPS) is 12.6. The molecule has 0 saturated carbocycles. The van der Waals surface area contributed by atoms with Gasteiger partial charge in [0.1, 0.15) is 0 Å². The lowest BCUT2D eigenvalue weighted by Crippen LogP contribution is -2.23. The van der Waals surface area contributed by atoms with Crippen molar-refractivity contribution in [1.82, 2.24) is 0 Å². The van der Waals surface area contributed by atoms with Gasteiger partial charge in [-0.2, -0.15) is 0 Å². The molecule has 2 heterocycles. The van der Waals surface area contributed by atoms with Crippen LogP contribution in [0, 0.1) is 0 Å². The number of hydrogen-bond donors (Lipinski definition) is 0. The van der Waals surface area contributed by atoms with Crippen LogP contribution >= 0.6 is 11.8 Å². The molecule has 9 aromatic carbocycles. The summed E-state index contributed by atoms with van der Waals surface area (Å²) in [4.78, 5) is 11.9. The van der Waals surface area contributed by atoms with Crippen LogP contribution in [-0.2, 0) is 0 Å². The Hall–Kier alpha value is -7.47. The molecule has 2 aliphatic rings. The van der Waals surface area contributed by atoms with E-state index >= 15 is 0 Å². The monoisotopic (exact) mass is 774 g/mol. The maximum absolute atomic E-state index is 2.39. The maximum Gasteiger partial charge on any atom is 0.0703 e. The van der Waals surface area contributed by atoms with E-state index in [4.69, 9.17) is 0 Å². The lowest BCUT2D eigenvalue weighted by molar-refractivity contribution is 1.15. The van der Waals surface area contributed by atoms with Gasteiger partial charge in [-0.1, -0.05) is 127 Å². The average molecular weight is 775 g/mol. The van der Waals surface area contributed by atoms with Crippen molar-refractivity contribution in [2.24, 2.45) is 0 Å². The molecule has 0 aliphatic carbocycles. The summed E-state index contributed by atoms with van der Waals surface area (Å²) in [5.74, 6) is 0. The Balaban J connectivity index is 1.02. The molecule has 0 bridgehead atoms. The highest BCUT2D eigenvalue weighted by Gasteiger charge is 2.31. The van der Waals surface area contributed by atoms with E-state index in [0.717, 1.165) is 56.9 Å². The predicted molar refractivity (Wildman–Crippen MR) is 248 cm³/mol. The quantitative estimate of drug-likeness (QED) is 0.159. The highest BCUT2D eigenvalue weighted by molar-refractivity contribution is 7.99. The van der Waals surface area contributed by atoms with E-state index in [1.165, 1.54) is 32.3 Å². The Labute approximate surface area is 349 Å². The molecule has 0 spiro atoms. The van der Waals surface area contributed by atoms with Gasteiger partial charge < -0.3 is 19.6 Å². The molecule has 4 nitrogen and oxygen atoms in total. The van der Waals surface area contributed by atoms with Crippen molar-refractivity contribution < 1.29 is 0 Å². The number of nitrogens with zero attached hydrogens (tertiary/aromatic N) is 4. The van der Waals surface area contributed by atoms with E-state index in [-0.39, 0.29) is 0 Å². The average Bonchev–Trinajstić information content (AvgIpc) is 3.31. The van der Waals surface area contributed by atoms with E-state index in [2.05, 4.69) is 250 Å². The van der Waals surface area contributed by atoms with Crippen LogP contribution in [0.4, 0.5) is 68.2 Å². The molecule has 0 amide bonds. The van der Waals surface area contributed by atoms with Gasteiger partial charge >= 0.3 is 0 Å². The summed E-state index contributed by atoms with van der Waals surface area (Å²) >= 11 is 1.83. The van der Waals surface area contributed by atoms with Gasteiger partial charge in [0.25, 0.3) is 0 Å². The van der Waals surface area contributed by atoms with Crippen LogP contribution in [0.3, 0.4) is 0 Å². The number of rotatable bonds is 7. The molecular formula is C54H38N4S. The summed E-state index contributed by atoms with van der Waals surface area (Å²) in [5.41, 5.74) is 15.9. The van der Waals surface area contributed by atoms with E-state index < -0.39 is 0 Å².